The Labute approximate surface area is 210 Å². The Bertz CT molecular complexity index is 1250. The summed E-state index contributed by atoms with van der Waals surface area (Å²) in [5.41, 5.74) is 3.41. The number of esters is 1. The number of nitrogens with one attached hydrogen (secondary N) is 1. The number of benzene rings is 3. The van der Waals surface area contributed by atoms with Crippen LogP contribution in [0.15, 0.2) is 72.8 Å². The molecule has 0 saturated carbocycles. The number of hydrogen-bond acceptors (Lipinski definition) is 5. The van der Waals surface area contributed by atoms with Crippen molar-refractivity contribution in [3.8, 4) is 0 Å². The number of para-hydroxylation sites is 2. The molecule has 0 saturated heterocycles. The SMILES string of the molecule is Cc1cccc(C)c1NC(=O)CN(C)C(=O)COC(=O)c1ccccc1C(=O)N(C)c1ccccc1. The van der Waals surface area contributed by atoms with Gasteiger partial charge in [0.1, 0.15) is 0 Å². The van der Waals surface area contributed by atoms with E-state index in [1.165, 1.54) is 29.0 Å². The van der Waals surface area contributed by atoms with Gasteiger partial charge in [0.2, 0.25) is 5.91 Å². The Morgan fingerprint density at radius 3 is 2.00 bits per heavy atom. The third kappa shape index (κ3) is 6.35. The zero-order chi connectivity index (χ0) is 26.2. The predicted molar refractivity (Wildman–Crippen MR) is 138 cm³/mol. The highest BCUT2D eigenvalue weighted by molar-refractivity contribution is 6.12. The van der Waals surface area contributed by atoms with E-state index in [0.717, 1.165) is 11.1 Å². The van der Waals surface area contributed by atoms with Gasteiger partial charge in [-0.2, -0.15) is 0 Å². The summed E-state index contributed by atoms with van der Waals surface area (Å²) in [5.74, 6) is -2.11. The quantitative estimate of drug-likeness (QED) is 0.487. The van der Waals surface area contributed by atoms with Crippen molar-refractivity contribution in [3.05, 3.63) is 95.1 Å². The summed E-state index contributed by atoms with van der Waals surface area (Å²) in [6.07, 6.45) is 0. The first-order valence-electron chi connectivity index (χ1n) is 11.4. The van der Waals surface area contributed by atoms with Gasteiger partial charge in [-0.3, -0.25) is 14.4 Å². The van der Waals surface area contributed by atoms with Crippen LogP contribution >= 0.6 is 0 Å². The topological polar surface area (TPSA) is 96.0 Å². The molecule has 3 aromatic rings. The lowest BCUT2D eigenvalue weighted by Gasteiger charge is -2.19. The smallest absolute Gasteiger partial charge is 0.339 e. The second kappa shape index (κ2) is 11.8. The molecule has 0 unspecified atom stereocenters. The average molecular weight is 488 g/mol. The van der Waals surface area contributed by atoms with Gasteiger partial charge in [0.25, 0.3) is 11.8 Å². The Hall–Kier alpha value is -4.46. The van der Waals surface area contributed by atoms with Crippen molar-refractivity contribution in [2.45, 2.75) is 13.8 Å². The molecule has 0 aliphatic heterocycles. The molecular weight excluding hydrogens is 458 g/mol. The summed E-state index contributed by atoms with van der Waals surface area (Å²) in [6, 6.07) is 21.0. The molecule has 0 aliphatic rings. The van der Waals surface area contributed by atoms with Gasteiger partial charge in [0.15, 0.2) is 6.61 Å². The minimum atomic E-state index is -0.804. The van der Waals surface area contributed by atoms with Gasteiger partial charge in [-0.1, -0.05) is 48.5 Å². The van der Waals surface area contributed by atoms with Crippen LogP contribution in [0, 0.1) is 13.8 Å². The van der Waals surface area contributed by atoms with E-state index in [2.05, 4.69) is 5.32 Å². The minimum Gasteiger partial charge on any atom is -0.452 e. The van der Waals surface area contributed by atoms with Crippen molar-refractivity contribution in [1.82, 2.24) is 4.90 Å². The number of ether oxygens (including phenoxy) is 1. The van der Waals surface area contributed by atoms with Crippen LogP contribution in [-0.2, 0) is 14.3 Å². The average Bonchev–Trinajstić information content (AvgIpc) is 2.88. The molecule has 0 radical (unpaired) electrons. The van der Waals surface area contributed by atoms with Crippen LogP contribution < -0.4 is 10.2 Å². The molecule has 186 valence electrons. The lowest BCUT2D eigenvalue weighted by atomic mass is 10.1. The van der Waals surface area contributed by atoms with Gasteiger partial charge in [-0.05, 0) is 49.2 Å². The highest BCUT2D eigenvalue weighted by atomic mass is 16.5. The van der Waals surface area contributed by atoms with Crippen LogP contribution in [0.1, 0.15) is 31.8 Å². The lowest BCUT2D eigenvalue weighted by molar-refractivity contribution is -0.136. The van der Waals surface area contributed by atoms with Crippen LogP contribution in [0.4, 0.5) is 11.4 Å². The first-order chi connectivity index (χ1) is 17.2. The highest BCUT2D eigenvalue weighted by Crippen LogP contribution is 2.20. The molecule has 0 aliphatic carbocycles. The maximum absolute atomic E-state index is 13.0. The van der Waals surface area contributed by atoms with Crippen LogP contribution in [0.3, 0.4) is 0 Å². The third-order valence-corrected chi connectivity index (χ3v) is 5.70. The number of anilines is 2. The summed E-state index contributed by atoms with van der Waals surface area (Å²) in [5, 5.41) is 2.82. The third-order valence-electron chi connectivity index (χ3n) is 5.70. The zero-order valence-corrected chi connectivity index (χ0v) is 20.8. The number of nitrogens with zero attached hydrogens (tertiary/aromatic N) is 2. The number of carbonyl (C=O) groups is 4. The van der Waals surface area contributed by atoms with E-state index < -0.39 is 18.5 Å². The maximum atomic E-state index is 13.0. The van der Waals surface area contributed by atoms with E-state index in [4.69, 9.17) is 4.74 Å². The van der Waals surface area contributed by atoms with Crippen LogP contribution in [-0.4, -0.2) is 55.8 Å². The summed E-state index contributed by atoms with van der Waals surface area (Å²) in [6.45, 7) is 3.00. The molecule has 0 atom stereocenters. The van der Waals surface area contributed by atoms with E-state index in [9.17, 15) is 19.2 Å². The number of carbonyl (C=O) groups excluding carboxylic acids is 4. The zero-order valence-electron chi connectivity index (χ0n) is 20.8. The van der Waals surface area contributed by atoms with Gasteiger partial charge in [0, 0.05) is 25.5 Å². The Balaban J connectivity index is 1.60. The number of likely N-dealkylation sites (N-methyl/N-ethyl adjacent to an activating group) is 1. The number of hydrogen-bond donors (Lipinski definition) is 1. The van der Waals surface area contributed by atoms with Gasteiger partial charge in [-0.25, -0.2) is 4.79 Å². The molecule has 8 heteroatoms. The fourth-order valence-electron chi connectivity index (χ4n) is 3.61. The van der Waals surface area contributed by atoms with Crippen LogP contribution in [0.2, 0.25) is 0 Å². The largest absolute Gasteiger partial charge is 0.452 e. The van der Waals surface area contributed by atoms with E-state index in [1.807, 2.05) is 50.2 Å². The molecule has 8 nitrogen and oxygen atoms in total. The predicted octanol–water partition coefficient (Wildman–Crippen LogP) is 3.83. The van der Waals surface area contributed by atoms with Crippen LogP contribution in [0.25, 0.3) is 0 Å². The second-order valence-corrected chi connectivity index (χ2v) is 8.39. The molecule has 0 bridgehead atoms. The first-order valence-corrected chi connectivity index (χ1v) is 11.4. The van der Waals surface area contributed by atoms with Crippen molar-refractivity contribution in [2.75, 3.05) is 37.5 Å². The van der Waals surface area contributed by atoms with Gasteiger partial charge >= 0.3 is 5.97 Å². The molecule has 0 fully saturated rings. The lowest BCUT2D eigenvalue weighted by Crippen LogP contribution is -2.37. The van der Waals surface area contributed by atoms with E-state index in [0.29, 0.717) is 11.4 Å². The summed E-state index contributed by atoms with van der Waals surface area (Å²) in [4.78, 5) is 53.3. The number of rotatable bonds is 8. The molecular formula is C28H29N3O5. The Morgan fingerprint density at radius 1 is 0.778 bits per heavy atom. The second-order valence-electron chi connectivity index (χ2n) is 8.39. The Kier molecular flexibility index (Phi) is 8.57. The fraction of sp³-hybridized carbons (Fsp3) is 0.214. The normalized spacial score (nSPS) is 10.3. The molecule has 36 heavy (non-hydrogen) atoms. The van der Waals surface area contributed by atoms with E-state index in [1.54, 1.807) is 31.3 Å². The van der Waals surface area contributed by atoms with Crippen molar-refractivity contribution in [1.29, 1.82) is 0 Å². The molecule has 1 N–H and O–H groups in total. The van der Waals surface area contributed by atoms with E-state index >= 15 is 0 Å². The molecule has 0 aromatic heterocycles. The molecule has 3 aromatic carbocycles. The van der Waals surface area contributed by atoms with Crippen molar-refractivity contribution < 1.29 is 23.9 Å². The van der Waals surface area contributed by atoms with Crippen molar-refractivity contribution in [3.63, 3.8) is 0 Å². The van der Waals surface area contributed by atoms with Crippen molar-refractivity contribution >= 4 is 35.1 Å². The summed E-state index contributed by atoms with van der Waals surface area (Å²) < 4.78 is 5.19. The summed E-state index contributed by atoms with van der Waals surface area (Å²) in [7, 11) is 3.06. The van der Waals surface area contributed by atoms with Gasteiger partial charge in [0.05, 0.1) is 17.7 Å². The molecule has 3 rings (SSSR count). The van der Waals surface area contributed by atoms with Crippen LogP contribution in [0.5, 0.6) is 0 Å². The van der Waals surface area contributed by atoms with Gasteiger partial charge < -0.3 is 19.9 Å². The molecule has 0 spiro atoms. The Morgan fingerprint density at radius 2 is 1.36 bits per heavy atom. The summed E-state index contributed by atoms with van der Waals surface area (Å²) >= 11 is 0. The molecule has 3 amide bonds. The highest BCUT2D eigenvalue weighted by Gasteiger charge is 2.23. The minimum absolute atomic E-state index is 0.0495. The standard InChI is InChI=1S/C28H29N3O5/c1-19-11-10-12-20(2)26(19)29-24(32)17-30(3)25(33)18-36-28(35)23-16-9-8-15-22(23)27(34)31(4)21-13-6-5-7-14-21/h5-16H,17-18H2,1-4H3,(H,29,32). The number of amides is 3. The fourth-order valence-corrected chi connectivity index (χ4v) is 3.61. The van der Waals surface area contributed by atoms with Gasteiger partial charge in [-0.15, -0.1) is 0 Å². The maximum Gasteiger partial charge on any atom is 0.339 e. The van der Waals surface area contributed by atoms with E-state index in [-0.39, 0.29) is 29.5 Å². The first kappa shape index (κ1) is 26.2. The monoisotopic (exact) mass is 487 g/mol. The number of aryl methyl sites for hydroxylation is 2. The van der Waals surface area contributed by atoms with Crippen molar-refractivity contribution in [2.24, 2.45) is 0 Å². The molecule has 0 heterocycles.